The number of carbonyl (C=O) groups excluding carboxylic acids is 1. The third kappa shape index (κ3) is 3.58. The van der Waals surface area contributed by atoms with Crippen LogP contribution in [0.1, 0.15) is 39.5 Å². The van der Waals surface area contributed by atoms with Crippen LogP contribution in [-0.2, 0) is 9.53 Å². The zero-order valence-electron chi connectivity index (χ0n) is 11.4. The van der Waals surface area contributed by atoms with Crippen molar-refractivity contribution in [3.63, 3.8) is 0 Å². The van der Waals surface area contributed by atoms with E-state index < -0.39 is 23.4 Å². The van der Waals surface area contributed by atoms with Gasteiger partial charge in [-0.2, -0.15) is 0 Å². The molecule has 3 N–H and O–H groups in total. The number of unbranched alkanes of at least 4 members (excludes halogenated alkanes) is 1. The molecule has 2 unspecified atom stereocenters. The number of carbonyl (C=O) groups is 1. The highest BCUT2D eigenvalue weighted by molar-refractivity contribution is 5.92. The van der Waals surface area contributed by atoms with E-state index in [1.807, 2.05) is 13.8 Å². The van der Waals surface area contributed by atoms with Crippen molar-refractivity contribution in [1.29, 1.82) is 0 Å². The molecule has 5 nitrogen and oxygen atoms in total. The van der Waals surface area contributed by atoms with Gasteiger partial charge in [-0.25, -0.2) is 4.79 Å². The van der Waals surface area contributed by atoms with E-state index in [-0.39, 0.29) is 12.0 Å². The van der Waals surface area contributed by atoms with Crippen LogP contribution >= 0.6 is 0 Å². The molecule has 5 heteroatoms. The van der Waals surface area contributed by atoms with E-state index in [4.69, 9.17) is 4.74 Å². The smallest absolute Gasteiger partial charge is 0.338 e. The molecule has 2 atom stereocenters. The first-order chi connectivity index (χ1) is 8.95. The second-order valence-corrected chi connectivity index (χ2v) is 4.76. The first kappa shape index (κ1) is 15.7. The Labute approximate surface area is 113 Å². The monoisotopic (exact) mass is 270 g/mol. The van der Waals surface area contributed by atoms with Crippen LogP contribution in [0.15, 0.2) is 23.5 Å². The fraction of sp³-hybridized carbons (Fsp3) is 0.643. The van der Waals surface area contributed by atoms with Crippen molar-refractivity contribution in [3.05, 3.63) is 23.5 Å². The number of aliphatic hydroxyl groups excluding tert-OH is 2. The van der Waals surface area contributed by atoms with Crippen LogP contribution in [0.3, 0.4) is 0 Å². The zero-order valence-corrected chi connectivity index (χ0v) is 11.4. The van der Waals surface area contributed by atoms with Gasteiger partial charge in [0.1, 0.15) is 11.9 Å². The lowest BCUT2D eigenvalue weighted by atomic mass is 9.84. The molecule has 0 aromatic rings. The quantitative estimate of drug-likeness (QED) is 0.504. The van der Waals surface area contributed by atoms with Crippen LogP contribution in [0.4, 0.5) is 0 Å². The molecule has 0 bridgehead atoms. The summed E-state index contributed by atoms with van der Waals surface area (Å²) in [6.07, 6.45) is 3.55. The van der Waals surface area contributed by atoms with Gasteiger partial charge in [-0.1, -0.05) is 26.7 Å². The van der Waals surface area contributed by atoms with E-state index in [1.165, 1.54) is 6.08 Å². The number of hydrogen-bond acceptors (Lipinski definition) is 5. The molecule has 19 heavy (non-hydrogen) atoms. The van der Waals surface area contributed by atoms with Crippen molar-refractivity contribution < 1.29 is 24.9 Å². The first-order valence-electron chi connectivity index (χ1n) is 6.66. The molecule has 0 heterocycles. The summed E-state index contributed by atoms with van der Waals surface area (Å²) in [6, 6.07) is 0. The molecule has 0 saturated carbocycles. The first-order valence-corrected chi connectivity index (χ1v) is 6.66. The minimum atomic E-state index is -1.71. The summed E-state index contributed by atoms with van der Waals surface area (Å²) in [7, 11) is 0. The topological polar surface area (TPSA) is 87.0 Å². The summed E-state index contributed by atoms with van der Waals surface area (Å²) in [5, 5.41) is 29.9. The summed E-state index contributed by atoms with van der Waals surface area (Å²) in [5.74, 6) is -0.996. The molecule has 0 aliphatic heterocycles. The fourth-order valence-electron chi connectivity index (χ4n) is 1.96. The van der Waals surface area contributed by atoms with Gasteiger partial charge in [0.15, 0.2) is 5.60 Å². The van der Waals surface area contributed by atoms with Crippen molar-refractivity contribution >= 4 is 5.97 Å². The summed E-state index contributed by atoms with van der Waals surface area (Å²) in [6.45, 7) is 4.11. The molecule has 0 spiro atoms. The number of hydrogen-bond donors (Lipinski definition) is 3. The van der Waals surface area contributed by atoms with E-state index in [0.717, 1.165) is 18.9 Å². The molecule has 0 aromatic carbocycles. The highest BCUT2D eigenvalue weighted by Crippen LogP contribution is 2.31. The second-order valence-electron chi connectivity index (χ2n) is 4.76. The lowest BCUT2D eigenvalue weighted by molar-refractivity contribution is -0.139. The van der Waals surface area contributed by atoms with E-state index in [0.29, 0.717) is 13.0 Å². The third-order valence-electron chi connectivity index (χ3n) is 3.16. The van der Waals surface area contributed by atoms with Gasteiger partial charge < -0.3 is 20.1 Å². The summed E-state index contributed by atoms with van der Waals surface area (Å²) in [5.41, 5.74) is -1.64. The van der Waals surface area contributed by atoms with Crippen molar-refractivity contribution in [2.75, 3.05) is 6.61 Å². The Kier molecular flexibility index (Phi) is 5.57. The normalized spacial score (nSPS) is 26.6. The summed E-state index contributed by atoms with van der Waals surface area (Å²) >= 11 is 0. The van der Waals surface area contributed by atoms with Gasteiger partial charge in [-0.05, 0) is 25.0 Å². The maximum atomic E-state index is 11.7. The number of esters is 1. The molecule has 0 saturated heterocycles. The molecule has 0 aromatic heterocycles. The van der Waals surface area contributed by atoms with Gasteiger partial charge in [0, 0.05) is 0 Å². The van der Waals surface area contributed by atoms with E-state index in [2.05, 4.69) is 0 Å². The minimum absolute atomic E-state index is 0.0712. The Morgan fingerprint density at radius 3 is 2.63 bits per heavy atom. The van der Waals surface area contributed by atoms with E-state index >= 15 is 0 Å². The Bertz CT molecular complexity index is 385. The minimum Gasteiger partial charge on any atom is -0.509 e. The average molecular weight is 270 g/mol. The largest absolute Gasteiger partial charge is 0.509 e. The lowest BCUT2D eigenvalue weighted by Gasteiger charge is -2.33. The third-order valence-corrected chi connectivity index (χ3v) is 3.16. The molecule has 108 valence electrons. The maximum absolute atomic E-state index is 11.7. The Morgan fingerprint density at radius 2 is 2.11 bits per heavy atom. The predicted molar refractivity (Wildman–Crippen MR) is 70.5 cm³/mol. The molecular weight excluding hydrogens is 248 g/mol. The van der Waals surface area contributed by atoms with Crippen LogP contribution in [0.5, 0.6) is 0 Å². The molecule has 1 aliphatic carbocycles. The fourth-order valence-corrected chi connectivity index (χ4v) is 1.96. The summed E-state index contributed by atoms with van der Waals surface area (Å²) < 4.78 is 4.99. The van der Waals surface area contributed by atoms with Gasteiger partial charge in [-0.15, -0.1) is 0 Å². The van der Waals surface area contributed by atoms with Crippen LogP contribution in [-0.4, -0.2) is 39.6 Å². The highest BCUT2D eigenvalue weighted by Gasteiger charge is 2.41. The molecule has 1 rings (SSSR count). The molecule has 0 fully saturated rings. The van der Waals surface area contributed by atoms with Crippen LogP contribution in [0, 0.1) is 0 Å². The van der Waals surface area contributed by atoms with Gasteiger partial charge in [0.2, 0.25) is 0 Å². The predicted octanol–water partition coefficient (Wildman–Crippen LogP) is 1.60. The van der Waals surface area contributed by atoms with Gasteiger partial charge >= 0.3 is 5.97 Å². The Hall–Kier alpha value is -1.33. The van der Waals surface area contributed by atoms with Crippen molar-refractivity contribution in [1.82, 2.24) is 0 Å². The second kappa shape index (κ2) is 6.73. The Morgan fingerprint density at radius 1 is 1.42 bits per heavy atom. The van der Waals surface area contributed by atoms with Crippen LogP contribution < -0.4 is 0 Å². The molecular formula is C14H22O5. The average Bonchev–Trinajstić information content (AvgIpc) is 2.36. The van der Waals surface area contributed by atoms with Crippen molar-refractivity contribution in [2.24, 2.45) is 0 Å². The SMILES string of the molecule is CCCCOC(=O)C1=CC(O)C(O)(CCC)C(O)=C1. The number of ether oxygens (including phenoxy) is 1. The van der Waals surface area contributed by atoms with Crippen LogP contribution in [0.25, 0.3) is 0 Å². The number of aliphatic hydroxyl groups is 3. The Balaban J connectivity index is 2.77. The molecule has 1 aliphatic rings. The highest BCUT2D eigenvalue weighted by atomic mass is 16.5. The number of rotatable bonds is 6. The van der Waals surface area contributed by atoms with Crippen LogP contribution in [0.2, 0.25) is 0 Å². The summed E-state index contributed by atoms with van der Waals surface area (Å²) in [4.78, 5) is 11.7. The van der Waals surface area contributed by atoms with Crippen molar-refractivity contribution in [2.45, 2.75) is 51.2 Å². The standard InChI is InChI=1S/C14H22O5/c1-3-5-7-19-13(17)10-8-11(15)14(18,6-4-2)12(16)9-10/h8-9,11,15-16,18H,3-7H2,1-2H3. The lowest BCUT2D eigenvalue weighted by Crippen LogP contribution is -2.45. The molecule has 0 amide bonds. The van der Waals surface area contributed by atoms with Gasteiger partial charge in [-0.3, -0.25) is 0 Å². The van der Waals surface area contributed by atoms with Gasteiger partial charge in [0.05, 0.1) is 12.2 Å². The van der Waals surface area contributed by atoms with E-state index in [1.54, 1.807) is 0 Å². The van der Waals surface area contributed by atoms with E-state index in [9.17, 15) is 20.1 Å². The maximum Gasteiger partial charge on any atom is 0.338 e. The zero-order chi connectivity index (χ0) is 14.5. The van der Waals surface area contributed by atoms with Gasteiger partial charge in [0.25, 0.3) is 0 Å². The molecule has 0 radical (unpaired) electrons. The van der Waals surface area contributed by atoms with Crippen molar-refractivity contribution in [3.8, 4) is 0 Å².